The van der Waals surface area contributed by atoms with Crippen molar-refractivity contribution in [1.29, 1.82) is 0 Å². The van der Waals surface area contributed by atoms with Gasteiger partial charge in [0.15, 0.2) is 5.69 Å². The molecule has 1 aliphatic carbocycles. The third-order valence-electron chi connectivity index (χ3n) is 5.04. The topological polar surface area (TPSA) is 92.5 Å². The van der Waals surface area contributed by atoms with Crippen LogP contribution in [0.15, 0.2) is 39.8 Å². The third kappa shape index (κ3) is 4.06. The first-order chi connectivity index (χ1) is 13.0. The Morgan fingerprint density at radius 3 is 2.56 bits per heavy atom. The van der Waals surface area contributed by atoms with Gasteiger partial charge in [-0.05, 0) is 43.9 Å². The van der Waals surface area contributed by atoms with Crippen molar-refractivity contribution in [2.45, 2.75) is 49.3 Å². The predicted molar refractivity (Wildman–Crippen MR) is 100 cm³/mol. The van der Waals surface area contributed by atoms with Crippen LogP contribution in [-0.4, -0.2) is 36.9 Å². The number of sulfonamides is 1. The van der Waals surface area contributed by atoms with E-state index < -0.39 is 15.9 Å². The van der Waals surface area contributed by atoms with Gasteiger partial charge in [-0.1, -0.05) is 24.1 Å². The molecular formula is C19H23N3O4S. The van der Waals surface area contributed by atoms with Crippen molar-refractivity contribution in [3.63, 3.8) is 0 Å². The fraction of sp³-hybridized carbons (Fsp3) is 0.474. The van der Waals surface area contributed by atoms with Gasteiger partial charge in [-0.3, -0.25) is 4.79 Å². The number of aromatic nitrogens is 1. The number of anilines is 1. The molecule has 2 aromatic rings. The molecule has 1 aromatic heterocycles. The molecule has 1 saturated heterocycles. The van der Waals surface area contributed by atoms with Crippen LogP contribution in [0.2, 0.25) is 0 Å². The molecule has 7 nitrogen and oxygen atoms in total. The second-order valence-electron chi connectivity index (χ2n) is 7.19. The van der Waals surface area contributed by atoms with Gasteiger partial charge in [-0.15, -0.1) is 0 Å². The van der Waals surface area contributed by atoms with E-state index in [1.165, 1.54) is 6.07 Å². The van der Waals surface area contributed by atoms with Crippen molar-refractivity contribution >= 4 is 21.6 Å². The van der Waals surface area contributed by atoms with Crippen LogP contribution in [0.4, 0.5) is 5.69 Å². The normalized spacial score (nSPS) is 18.8. The Morgan fingerprint density at radius 1 is 1.11 bits per heavy atom. The van der Waals surface area contributed by atoms with Gasteiger partial charge >= 0.3 is 0 Å². The number of amides is 1. The third-order valence-corrected chi connectivity index (χ3v) is 6.93. The summed E-state index contributed by atoms with van der Waals surface area (Å²) in [5.74, 6) is 0.703. The molecule has 2 aliphatic rings. The zero-order valence-corrected chi connectivity index (χ0v) is 15.9. The summed E-state index contributed by atoms with van der Waals surface area (Å²) < 4.78 is 32.6. The van der Waals surface area contributed by atoms with E-state index in [1.807, 2.05) is 0 Å². The molecule has 0 unspecified atom stereocenters. The lowest BCUT2D eigenvalue weighted by Gasteiger charge is -2.20. The summed E-state index contributed by atoms with van der Waals surface area (Å²) in [4.78, 5) is 12.6. The van der Waals surface area contributed by atoms with Crippen LogP contribution >= 0.6 is 0 Å². The van der Waals surface area contributed by atoms with E-state index in [2.05, 4.69) is 10.5 Å². The molecule has 0 atom stereocenters. The van der Waals surface area contributed by atoms with Gasteiger partial charge in [0.05, 0.1) is 4.90 Å². The molecule has 0 bridgehead atoms. The zero-order valence-electron chi connectivity index (χ0n) is 15.1. The van der Waals surface area contributed by atoms with Crippen LogP contribution in [0, 0.1) is 0 Å². The van der Waals surface area contributed by atoms with Crippen molar-refractivity contribution in [2.24, 2.45) is 0 Å². The van der Waals surface area contributed by atoms with Crippen molar-refractivity contribution in [2.75, 3.05) is 18.4 Å². The van der Waals surface area contributed by atoms with Crippen LogP contribution in [0.1, 0.15) is 60.7 Å². The van der Waals surface area contributed by atoms with Gasteiger partial charge in [-0.25, -0.2) is 8.42 Å². The van der Waals surface area contributed by atoms with Gasteiger partial charge in [0.1, 0.15) is 5.76 Å². The molecule has 1 amide bonds. The van der Waals surface area contributed by atoms with Crippen LogP contribution in [0.25, 0.3) is 0 Å². The predicted octanol–water partition coefficient (Wildman–Crippen LogP) is 3.37. The number of carbonyl (C=O) groups excluding carboxylic acids is 1. The van der Waals surface area contributed by atoms with E-state index in [1.54, 1.807) is 28.6 Å². The molecule has 27 heavy (non-hydrogen) atoms. The second kappa shape index (κ2) is 7.44. The Hall–Kier alpha value is -2.19. The number of carbonyl (C=O) groups is 1. The van der Waals surface area contributed by atoms with E-state index in [4.69, 9.17) is 4.52 Å². The highest BCUT2D eigenvalue weighted by Crippen LogP contribution is 2.40. The molecule has 2 fully saturated rings. The fourth-order valence-corrected chi connectivity index (χ4v) is 4.88. The maximum Gasteiger partial charge on any atom is 0.277 e. The summed E-state index contributed by atoms with van der Waals surface area (Å²) in [6, 6.07) is 8.03. The van der Waals surface area contributed by atoms with Crippen molar-refractivity contribution in [3.05, 3.63) is 41.8 Å². The van der Waals surface area contributed by atoms with Crippen molar-refractivity contribution in [3.8, 4) is 0 Å². The molecular weight excluding hydrogens is 366 g/mol. The highest BCUT2D eigenvalue weighted by molar-refractivity contribution is 7.89. The largest absolute Gasteiger partial charge is 0.360 e. The van der Waals surface area contributed by atoms with E-state index >= 15 is 0 Å². The van der Waals surface area contributed by atoms with Gasteiger partial charge in [-0.2, -0.15) is 4.31 Å². The highest BCUT2D eigenvalue weighted by atomic mass is 32.2. The Bertz CT molecular complexity index is 926. The number of hydrogen-bond acceptors (Lipinski definition) is 5. The van der Waals surface area contributed by atoms with Gasteiger partial charge < -0.3 is 9.84 Å². The van der Waals surface area contributed by atoms with Crippen LogP contribution in [0.3, 0.4) is 0 Å². The average molecular weight is 389 g/mol. The Kier molecular flexibility index (Phi) is 5.01. The minimum Gasteiger partial charge on any atom is -0.360 e. The fourth-order valence-electron chi connectivity index (χ4n) is 3.32. The van der Waals surface area contributed by atoms with E-state index in [-0.39, 0.29) is 10.6 Å². The monoisotopic (exact) mass is 389 g/mol. The summed E-state index contributed by atoms with van der Waals surface area (Å²) in [6.45, 7) is 1.09. The van der Waals surface area contributed by atoms with Gasteiger partial charge in [0.2, 0.25) is 10.0 Å². The summed E-state index contributed by atoms with van der Waals surface area (Å²) in [5.41, 5.74) is 0.629. The zero-order chi connectivity index (χ0) is 18.9. The minimum absolute atomic E-state index is 0.195. The standard InChI is InChI=1S/C19H23N3O4S/c23-19(17-13-18(26-21-17)14-8-9-14)20-15-6-5-7-16(12-15)27(24,25)22-10-3-1-2-4-11-22/h5-7,12-14H,1-4,8-11H2,(H,20,23). The van der Waals surface area contributed by atoms with Crippen LogP contribution in [-0.2, 0) is 10.0 Å². The maximum atomic E-state index is 12.9. The molecule has 1 aliphatic heterocycles. The maximum absolute atomic E-state index is 12.9. The first-order valence-electron chi connectivity index (χ1n) is 9.42. The van der Waals surface area contributed by atoms with E-state index in [9.17, 15) is 13.2 Å². The lowest BCUT2D eigenvalue weighted by atomic mass is 10.2. The van der Waals surface area contributed by atoms with Crippen molar-refractivity contribution < 1.29 is 17.7 Å². The molecule has 0 radical (unpaired) electrons. The number of benzene rings is 1. The Balaban J connectivity index is 1.50. The first-order valence-corrected chi connectivity index (χ1v) is 10.9. The smallest absolute Gasteiger partial charge is 0.277 e. The number of nitrogens with zero attached hydrogens (tertiary/aromatic N) is 2. The Morgan fingerprint density at radius 2 is 1.85 bits per heavy atom. The summed E-state index contributed by atoms with van der Waals surface area (Å²) in [7, 11) is -3.56. The molecule has 0 spiro atoms. The van der Waals surface area contributed by atoms with Crippen molar-refractivity contribution in [1.82, 2.24) is 9.46 Å². The lowest BCUT2D eigenvalue weighted by Crippen LogP contribution is -2.32. The number of hydrogen-bond donors (Lipinski definition) is 1. The van der Waals surface area contributed by atoms with E-state index in [0.29, 0.717) is 24.7 Å². The van der Waals surface area contributed by atoms with Crippen LogP contribution < -0.4 is 5.32 Å². The number of nitrogens with one attached hydrogen (secondary N) is 1. The molecule has 1 N–H and O–H groups in total. The summed E-state index contributed by atoms with van der Waals surface area (Å²) in [6.07, 6.45) is 6.00. The summed E-state index contributed by atoms with van der Waals surface area (Å²) >= 11 is 0. The lowest BCUT2D eigenvalue weighted by molar-refractivity contribution is 0.101. The SMILES string of the molecule is O=C(Nc1cccc(S(=O)(=O)N2CCCCCC2)c1)c1cc(C2CC2)on1. The Labute approximate surface area is 158 Å². The van der Waals surface area contributed by atoms with Gasteiger partial charge in [0.25, 0.3) is 5.91 Å². The highest BCUT2D eigenvalue weighted by Gasteiger charge is 2.29. The average Bonchev–Trinajstić information content (AvgIpc) is 3.45. The molecule has 8 heteroatoms. The molecule has 1 aromatic carbocycles. The number of rotatable bonds is 5. The molecule has 144 valence electrons. The molecule has 2 heterocycles. The van der Waals surface area contributed by atoms with Gasteiger partial charge in [0, 0.05) is 30.8 Å². The second-order valence-corrected chi connectivity index (χ2v) is 9.13. The van der Waals surface area contributed by atoms with Crippen LogP contribution in [0.5, 0.6) is 0 Å². The summed E-state index contributed by atoms with van der Waals surface area (Å²) in [5, 5.41) is 6.53. The molecule has 1 saturated carbocycles. The molecule has 4 rings (SSSR count). The quantitative estimate of drug-likeness (QED) is 0.846. The minimum atomic E-state index is -3.56. The first kappa shape index (κ1) is 18.2. The van der Waals surface area contributed by atoms with E-state index in [0.717, 1.165) is 44.3 Å².